The third-order valence-corrected chi connectivity index (χ3v) is 6.44. The number of ether oxygens (including phenoxy) is 1. The topological polar surface area (TPSA) is 70.7 Å². The number of nitrogens with zero attached hydrogens (tertiary/aromatic N) is 1. The molecule has 0 spiro atoms. The Kier molecular flexibility index (Phi) is 6.50. The third kappa shape index (κ3) is 4.27. The summed E-state index contributed by atoms with van der Waals surface area (Å²) < 4.78 is 5.06. The molecule has 0 fully saturated rings. The summed E-state index contributed by atoms with van der Waals surface area (Å²) >= 11 is 1.62. The molecule has 2 heterocycles. The Morgan fingerprint density at radius 2 is 2.13 bits per heavy atom. The molecule has 30 heavy (non-hydrogen) atoms. The van der Waals surface area contributed by atoms with E-state index in [-0.39, 0.29) is 24.3 Å². The van der Waals surface area contributed by atoms with Crippen LogP contribution in [0, 0.1) is 0 Å². The van der Waals surface area contributed by atoms with Gasteiger partial charge in [-0.25, -0.2) is 0 Å². The molecule has 1 aliphatic heterocycles. The van der Waals surface area contributed by atoms with Crippen molar-refractivity contribution in [2.45, 2.75) is 31.7 Å². The van der Waals surface area contributed by atoms with Crippen LogP contribution in [-0.2, 0) is 14.3 Å². The summed E-state index contributed by atoms with van der Waals surface area (Å²) in [5, 5.41) is 8.53. The van der Waals surface area contributed by atoms with Crippen molar-refractivity contribution in [1.29, 1.82) is 0 Å². The summed E-state index contributed by atoms with van der Waals surface area (Å²) in [6.45, 7) is 1.36. The van der Waals surface area contributed by atoms with Crippen molar-refractivity contribution < 1.29 is 14.3 Å². The second-order valence-corrected chi connectivity index (χ2v) is 8.53. The minimum absolute atomic E-state index is 0.0604. The Morgan fingerprint density at radius 1 is 1.27 bits per heavy atom. The van der Waals surface area contributed by atoms with Crippen molar-refractivity contribution in [3.63, 3.8) is 0 Å². The molecule has 2 aliphatic rings. The van der Waals surface area contributed by atoms with Crippen molar-refractivity contribution in [3.05, 3.63) is 57.9 Å². The molecule has 1 atom stereocenters. The molecule has 1 aromatic carbocycles. The van der Waals surface area contributed by atoms with E-state index >= 15 is 0 Å². The lowest BCUT2D eigenvalue weighted by Gasteiger charge is -2.34. The number of hydrogen-bond acceptors (Lipinski definition) is 6. The lowest BCUT2D eigenvalue weighted by Crippen LogP contribution is -2.41. The molecule has 158 valence electrons. The van der Waals surface area contributed by atoms with Crippen LogP contribution in [0.4, 0.5) is 11.4 Å². The van der Waals surface area contributed by atoms with E-state index < -0.39 is 0 Å². The number of Topliss-reactive ketones (excluding diaryl/α,β-unsaturated/α-hetero) is 1. The van der Waals surface area contributed by atoms with Gasteiger partial charge in [0.25, 0.3) is 0 Å². The van der Waals surface area contributed by atoms with Crippen molar-refractivity contribution in [3.8, 4) is 0 Å². The van der Waals surface area contributed by atoms with Crippen LogP contribution in [-0.4, -0.2) is 38.5 Å². The number of anilines is 2. The first-order chi connectivity index (χ1) is 14.7. The maximum atomic E-state index is 13.1. The fourth-order valence-corrected chi connectivity index (χ4v) is 5.02. The third-order valence-electron chi connectivity index (χ3n) is 5.51. The zero-order chi connectivity index (χ0) is 20.9. The van der Waals surface area contributed by atoms with Gasteiger partial charge in [0.15, 0.2) is 5.78 Å². The van der Waals surface area contributed by atoms with Crippen LogP contribution >= 0.6 is 11.3 Å². The largest absolute Gasteiger partial charge is 0.385 e. The van der Waals surface area contributed by atoms with Crippen LogP contribution in [0.25, 0.3) is 0 Å². The number of carbonyl (C=O) groups is 2. The number of hydrogen-bond donors (Lipinski definition) is 2. The molecule has 7 heteroatoms. The maximum Gasteiger partial charge on any atom is 0.239 e. The van der Waals surface area contributed by atoms with Crippen LogP contribution in [0.15, 0.2) is 53.0 Å². The van der Waals surface area contributed by atoms with E-state index in [4.69, 9.17) is 4.74 Å². The molecule has 0 radical (unpaired) electrons. The van der Waals surface area contributed by atoms with Crippen molar-refractivity contribution in [2.24, 2.45) is 0 Å². The van der Waals surface area contributed by atoms with Crippen LogP contribution < -0.4 is 15.5 Å². The summed E-state index contributed by atoms with van der Waals surface area (Å²) in [6.07, 6.45) is 3.01. The molecule has 2 N–H and O–H groups in total. The number of carbonyl (C=O) groups excluding carboxylic acids is 2. The zero-order valence-corrected chi connectivity index (χ0v) is 18.0. The monoisotopic (exact) mass is 425 g/mol. The fraction of sp³-hybridized carbons (Fsp3) is 0.391. The van der Waals surface area contributed by atoms with Gasteiger partial charge in [0.2, 0.25) is 5.91 Å². The molecular weight excluding hydrogens is 398 g/mol. The van der Waals surface area contributed by atoms with Gasteiger partial charge in [-0.05, 0) is 42.8 Å². The van der Waals surface area contributed by atoms with E-state index in [1.807, 2.05) is 35.7 Å². The molecule has 1 amide bonds. The molecule has 0 bridgehead atoms. The Labute approximate surface area is 180 Å². The average Bonchev–Trinajstić information content (AvgIpc) is 3.23. The average molecular weight is 426 g/mol. The normalized spacial score (nSPS) is 18.4. The molecule has 6 nitrogen and oxygen atoms in total. The van der Waals surface area contributed by atoms with Crippen LogP contribution in [0.5, 0.6) is 0 Å². The smallest absolute Gasteiger partial charge is 0.239 e. The quantitative estimate of drug-likeness (QED) is 0.659. The summed E-state index contributed by atoms with van der Waals surface area (Å²) in [6, 6.07) is 11.8. The molecule has 2 aromatic rings. The van der Waals surface area contributed by atoms with E-state index in [1.165, 1.54) is 0 Å². The molecule has 4 rings (SSSR count). The standard InChI is InChI=1S/C23H27N3O3S/c1-29-13-6-12-24-21(28)15-26-18-9-3-2-7-16(18)25-17-8-4-10-19(27)22(17)23(26)20-11-5-14-30-20/h2-3,5,7,9,11,14,23,25H,4,6,8,10,12-13,15H2,1H3,(H,24,28). The molecule has 1 aromatic heterocycles. The highest BCUT2D eigenvalue weighted by molar-refractivity contribution is 7.10. The molecule has 1 unspecified atom stereocenters. The summed E-state index contributed by atoms with van der Waals surface area (Å²) in [5.74, 6) is 0.107. The van der Waals surface area contributed by atoms with Gasteiger partial charge in [-0.15, -0.1) is 11.3 Å². The van der Waals surface area contributed by atoms with Gasteiger partial charge in [-0.3, -0.25) is 9.59 Å². The van der Waals surface area contributed by atoms with E-state index in [0.29, 0.717) is 19.6 Å². The van der Waals surface area contributed by atoms with E-state index in [1.54, 1.807) is 18.4 Å². The van der Waals surface area contributed by atoms with E-state index in [2.05, 4.69) is 21.6 Å². The molecule has 1 aliphatic carbocycles. The Balaban J connectivity index is 1.73. The summed E-state index contributed by atoms with van der Waals surface area (Å²) in [7, 11) is 1.65. The number of thiophene rings is 1. The number of allylic oxidation sites excluding steroid dienone is 1. The van der Waals surface area contributed by atoms with E-state index in [0.717, 1.165) is 46.8 Å². The fourth-order valence-electron chi connectivity index (χ4n) is 4.17. The lowest BCUT2D eigenvalue weighted by atomic mass is 9.88. The minimum Gasteiger partial charge on any atom is -0.385 e. The predicted molar refractivity (Wildman–Crippen MR) is 120 cm³/mol. The van der Waals surface area contributed by atoms with Gasteiger partial charge in [0.05, 0.1) is 24.0 Å². The molecule has 0 saturated heterocycles. The van der Waals surface area contributed by atoms with Gasteiger partial charge in [-0.2, -0.15) is 0 Å². The van der Waals surface area contributed by atoms with E-state index in [9.17, 15) is 9.59 Å². The number of methoxy groups -OCH3 is 1. The molecular formula is C23H27N3O3S. The second-order valence-electron chi connectivity index (χ2n) is 7.55. The van der Waals surface area contributed by atoms with Gasteiger partial charge < -0.3 is 20.3 Å². The Morgan fingerprint density at radius 3 is 2.93 bits per heavy atom. The first kappa shape index (κ1) is 20.6. The van der Waals surface area contributed by atoms with Crippen molar-refractivity contribution >= 4 is 34.4 Å². The lowest BCUT2D eigenvalue weighted by molar-refractivity contribution is -0.120. The number of rotatable bonds is 7. The number of nitrogens with one attached hydrogen (secondary N) is 2. The number of ketones is 1. The molecule has 0 saturated carbocycles. The van der Waals surface area contributed by atoms with Crippen LogP contribution in [0.3, 0.4) is 0 Å². The number of para-hydroxylation sites is 2. The van der Waals surface area contributed by atoms with Gasteiger partial charge in [0, 0.05) is 42.8 Å². The first-order valence-electron chi connectivity index (χ1n) is 10.4. The Hall–Kier alpha value is -2.64. The van der Waals surface area contributed by atoms with Gasteiger partial charge in [-0.1, -0.05) is 18.2 Å². The van der Waals surface area contributed by atoms with Crippen molar-refractivity contribution in [2.75, 3.05) is 37.0 Å². The van der Waals surface area contributed by atoms with Gasteiger partial charge >= 0.3 is 0 Å². The number of amides is 1. The maximum absolute atomic E-state index is 13.1. The minimum atomic E-state index is -0.270. The highest BCUT2D eigenvalue weighted by atomic mass is 32.1. The highest BCUT2D eigenvalue weighted by Crippen LogP contribution is 2.45. The van der Waals surface area contributed by atoms with Gasteiger partial charge in [0.1, 0.15) is 0 Å². The number of benzene rings is 1. The highest BCUT2D eigenvalue weighted by Gasteiger charge is 2.37. The second kappa shape index (κ2) is 9.45. The zero-order valence-electron chi connectivity index (χ0n) is 17.1. The summed E-state index contributed by atoms with van der Waals surface area (Å²) in [4.78, 5) is 29.1. The van der Waals surface area contributed by atoms with Crippen LogP contribution in [0.1, 0.15) is 36.6 Å². The first-order valence-corrected chi connectivity index (χ1v) is 11.2. The van der Waals surface area contributed by atoms with Crippen LogP contribution in [0.2, 0.25) is 0 Å². The number of fused-ring (bicyclic) bond motifs is 1. The Bertz CT molecular complexity index is 939. The van der Waals surface area contributed by atoms with Crippen molar-refractivity contribution in [1.82, 2.24) is 5.32 Å². The summed E-state index contributed by atoms with van der Waals surface area (Å²) in [5.41, 5.74) is 3.66. The predicted octanol–water partition coefficient (Wildman–Crippen LogP) is 3.88. The SMILES string of the molecule is COCCCNC(=O)CN1c2ccccc2NC2=C(C(=O)CCC2)C1c1cccs1.